The second-order valence-corrected chi connectivity index (χ2v) is 6.74. The van der Waals surface area contributed by atoms with Gasteiger partial charge >= 0.3 is 12.0 Å². The lowest BCUT2D eigenvalue weighted by Crippen LogP contribution is -2.46. The van der Waals surface area contributed by atoms with E-state index in [-0.39, 0.29) is 12.6 Å². The molecule has 1 unspecified atom stereocenters. The zero-order valence-corrected chi connectivity index (χ0v) is 14.7. The van der Waals surface area contributed by atoms with Crippen molar-refractivity contribution in [3.05, 3.63) is 22.2 Å². The van der Waals surface area contributed by atoms with Crippen molar-refractivity contribution < 1.29 is 24.2 Å². The van der Waals surface area contributed by atoms with Gasteiger partial charge in [-0.1, -0.05) is 0 Å². The molecule has 2 aliphatic rings. The van der Waals surface area contributed by atoms with Gasteiger partial charge in [-0.3, -0.25) is 4.79 Å². The molecule has 2 heterocycles. The summed E-state index contributed by atoms with van der Waals surface area (Å²) in [6, 6.07) is 3.48. The van der Waals surface area contributed by atoms with Crippen molar-refractivity contribution in [3.63, 3.8) is 0 Å². The Morgan fingerprint density at radius 1 is 1.33 bits per heavy atom. The second kappa shape index (κ2) is 7.29. The van der Waals surface area contributed by atoms with Crippen LogP contribution in [0.4, 0.5) is 4.79 Å². The average molecular weight is 399 g/mol. The predicted octanol–water partition coefficient (Wildman–Crippen LogP) is 2.23. The molecule has 1 saturated heterocycles. The predicted molar refractivity (Wildman–Crippen MR) is 89.3 cm³/mol. The number of fused-ring (bicyclic) bond motifs is 1. The summed E-state index contributed by atoms with van der Waals surface area (Å²) in [7, 11) is 0. The number of aliphatic carboxylic acids is 1. The quantitative estimate of drug-likeness (QED) is 0.814. The maximum Gasteiger partial charge on any atom is 0.317 e. The number of benzene rings is 1. The van der Waals surface area contributed by atoms with Gasteiger partial charge in [0.25, 0.3) is 0 Å². The smallest absolute Gasteiger partial charge is 0.317 e. The molecule has 0 saturated carbocycles. The van der Waals surface area contributed by atoms with Crippen molar-refractivity contribution in [1.82, 2.24) is 10.2 Å². The minimum absolute atomic E-state index is 0.244. The minimum atomic E-state index is -0.844. The number of halogens is 1. The Bertz CT molecular complexity index is 652. The number of hydrogen-bond donors (Lipinski definition) is 2. The molecule has 8 heteroatoms. The van der Waals surface area contributed by atoms with E-state index in [9.17, 15) is 9.59 Å². The Labute approximate surface area is 148 Å². The molecule has 24 heavy (non-hydrogen) atoms. The van der Waals surface area contributed by atoms with E-state index in [2.05, 4.69) is 21.2 Å². The van der Waals surface area contributed by atoms with Crippen molar-refractivity contribution in [3.8, 4) is 11.5 Å². The molecule has 1 aromatic carbocycles. The van der Waals surface area contributed by atoms with E-state index in [1.54, 1.807) is 4.90 Å². The number of amides is 2. The third kappa shape index (κ3) is 3.75. The van der Waals surface area contributed by atoms with E-state index in [1.807, 2.05) is 12.1 Å². The SMILES string of the molecule is O=C(O)C1CCCN(C(=O)NCc2cc(Br)c3c(c2)OCCO3)C1. The first-order chi connectivity index (χ1) is 11.5. The Morgan fingerprint density at radius 2 is 2.12 bits per heavy atom. The molecule has 1 atom stereocenters. The summed E-state index contributed by atoms with van der Waals surface area (Å²) < 4.78 is 11.9. The molecule has 3 rings (SSSR count). The summed E-state index contributed by atoms with van der Waals surface area (Å²) in [5.74, 6) is 0.0108. The van der Waals surface area contributed by atoms with Crippen LogP contribution in [0.1, 0.15) is 18.4 Å². The fourth-order valence-corrected chi connectivity index (χ4v) is 3.52. The Kier molecular flexibility index (Phi) is 5.13. The van der Waals surface area contributed by atoms with Crippen molar-refractivity contribution >= 4 is 27.9 Å². The third-order valence-electron chi connectivity index (χ3n) is 4.16. The number of rotatable bonds is 3. The summed E-state index contributed by atoms with van der Waals surface area (Å²) in [6.45, 7) is 2.19. The van der Waals surface area contributed by atoms with Crippen LogP contribution in [-0.4, -0.2) is 48.3 Å². The molecule has 0 spiro atoms. The van der Waals surface area contributed by atoms with E-state index in [4.69, 9.17) is 14.6 Å². The van der Waals surface area contributed by atoms with Gasteiger partial charge in [-0.2, -0.15) is 0 Å². The number of nitrogens with zero attached hydrogens (tertiary/aromatic N) is 1. The van der Waals surface area contributed by atoms with Crippen molar-refractivity contribution in [2.24, 2.45) is 5.92 Å². The molecule has 130 valence electrons. The molecular formula is C16H19BrN2O5. The normalized spacial score (nSPS) is 19.7. The van der Waals surface area contributed by atoms with Gasteiger partial charge in [0.2, 0.25) is 0 Å². The first-order valence-corrected chi connectivity index (χ1v) is 8.67. The van der Waals surface area contributed by atoms with E-state index < -0.39 is 11.9 Å². The number of piperidine rings is 1. The molecule has 2 aliphatic heterocycles. The lowest BCUT2D eigenvalue weighted by Gasteiger charge is -2.30. The fourth-order valence-electron chi connectivity index (χ4n) is 2.92. The summed E-state index contributed by atoms with van der Waals surface area (Å²) in [5.41, 5.74) is 0.881. The van der Waals surface area contributed by atoms with E-state index in [0.717, 1.165) is 10.0 Å². The molecule has 1 aromatic rings. The van der Waals surface area contributed by atoms with Gasteiger partial charge < -0.3 is 24.8 Å². The third-order valence-corrected chi connectivity index (χ3v) is 4.75. The molecule has 1 fully saturated rings. The van der Waals surface area contributed by atoms with Crippen molar-refractivity contribution in [1.29, 1.82) is 0 Å². The van der Waals surface area contributed by atoms with Crippen LogP contribution >= 0.6 is 15.9 Å². The molecule has 0 aliphatic carbocycles. The summed E-state index contributed by atoms with van der Waals surface area (Å²) >= 11 is 3.45. The van der Waals surface area contributed by atoms with E-state index in [0.29, 0.717) is 50.6 Å². The largest absolute Gasteiger partial charge is 0.486 e. The Hall–Kier alpha value is -1.96. The lowest BCUT2D eigenvalue weighted by molar-refractivity contribution is -0.143. The van der Waals surface area contributed by atoms with Crippen LogP contribution in [0.15, 0.2) is 16.6 Å². The highest BCUT2D eigenvalue weighted by molar-refractivity contribution is 9.10. The van der Waals surface area contributed by atoms with Crippen molar-refractivity contribution in [2.75, 3.05) is 26.3 Å². The van der Waals surface area contributed by atoms with Crippen LogP contribution in [0.2, 0.25) is 0 Å². The zero-order valence-electron chi connectivity index (χ0n) is 13.1. The van der Waals surface area contributed by atoms with Crippen LogP contribution < -0.4 is 14.8 Å². The van der Waals surface area contributed by atoms with Gasteiger partial charge in [0.15, 0.2) is 11.5 Å². The maximum atomic E-state index is 12.3. The number of ether oxygens (including phenoxy) is 2. The van der Waals surface area contributed by atoms with Crippen LogP contribution in [0, 0.1) is 5.92 Å². The van der Waals surface area contributed by atoms with Crippen molar-refractivity contribution in [2.45, 2.75) is 19.4 Å². The summed E-state index contributed by atoms with van der Waals surface area (Å²) in [6.07, 6.45) is 1.33. The molecule has 2 N–H and O–H groups in total. The summed E-state index contributed by atoms with van der Waals surface area (Å²) in [5, 5.41) is 11.9. The number of nitrogens with one attached hydrogen (secondary N) is 1. The Morgan fingerprint density at radius 3 is 2.92 bits per heavy atom. The number of hydrogen-bond acceptors (Lipinski definition) is 4. The van der Waals surface area contributed by atoms with Gasteiger partial charge in [-0.05, 0) is 46.5 Å². The number of urea groups is 1. The number of likely N-dealkylation sites (tertiary alicyclic amines) is 1. The first-order valence-electron chi connectivity index (χ1n) is 7.88. The van der Waals surface area contributed by atoms with Gasteiger partial charge in [0.1, 0.15) is 13.2 Å². The standard InChI is InChI=1S/C16H19BrN2O5/c17-12-6-10(7-13-14(12)24-5-4-23-13)8-18-16(22)19-3-1-2-11(9-19)15(20)21/h6-7,11H,1-5,8-9H2,(H,18,22)(H,20,21). The highest BCUT2D eigenvalue weighted by Gasteiger charge is 2.28. The minimum Gasteiger partial charge on any atom is -0.486 e. The molecule has 0 bridgehead atoms. The molecular weight excluding hydrogens is 380 g/mol. The topological polar surface area (TPSA) is 88.1 Å². The van der Waals surface area contributed by atoms with E-state index in [1.165, 1.54) is 0 Å². The second-order valence-electron chi connectivity index (χ2n) is 5.88. The maximum absolute atomic E-state index is 12.3. The molecule has 7 nitrogen and oxygen atoms in total. The van der Waals surface area contributed by atoms with Gasteiger partial charge in [0.05, 0.1) is 10.4 Å². The van der Waals surface area contributed by atoms with E-state index >= 15 is 0 Å². The monoisotopic (exact) mass is 398 g/mol. The van der Waals surface area contributed by atoms with Crippen LogP contribution in [0.3, 0.4) is 0 Å². The zero-order chi connectivity index (χ0) is 17.1. The first kappa shape index (κ1) is 16.9. The number of carbonyl (C=O) groups is 2. The summed E-state index contributed by atoms with van der Waals surface area (Å²) in [4.78, 5) is 24.9. The molecule has 0 aromatic heterocycles. The number of carboxylic acid groups (broad SMARTS) is 1. The fraction of sp³-hybridized carbons (Fsp3) is 0.500. The lowest BCUT2D eigenvalue weighted by atomic mass is 9.99. The highest BCUT2D eigenvalue weighted by Crippen LogP contribution is 2.38. The molecule has 2 amide bonds. The van der Waals surface area contributed by atoms with Crippen LogP contribution in [-0.2, 0) is 11.3 Å². The van der Waals surface area contributed by atoms with Crippen LogP contribution in [0.25, 0.3) is 0 Å². The number of carboxylic acids is 1. The highest BCUT2D eigenvalue weighted by atomic mass is 79.9. The molecule has 0 radical (unpaired) electrons. The van der Waals surface area contributed by atoms with Crippen LogP contribution in [0.5, 0.6) is 11.5 Å². The van der Waals surface area contributed by atoms with Gasteiger partial charge in [0, 0.05) is 19.6 Å². The number of carbonyl (C=O) groups excluding carboxylic acids is 1. The van der Waals surface area contributed by atoms with Gasteiger partial charge in [-0.25, -0.2) is 4.79 Å². The average Bonchev–Trinajstić information content (AvgIpc) is 2.60. The Balaban J connectivity index is 1.60. The van der Waals surface area contributed by atoms with Gasteiger partial charge in [-0.15, -0.1) is 0 Å².